The van der Waals surface area contributed by atoms with Gasteiger partial charge in [0.05, 0.1) is 0 Å². The summed E-state index contributed by atoms with van der Waals surface area (Å²) in [5, 5.41) is 0.251. The zero-order valence-electron chi connectivity index (χ0n) is 11.2. The quantitative estimate of drug-likeness (QED) is 0.670. The maximum absolute atomic E-state index is 5.75. The molecule has 0 aliphatic heterocycles. The molecule has 3 nitrogen and oxygen atoms in total. The lowest BCUT2D eigenvalue weighted by Gasteiger charge is -2.07. The van der Waals surface area contributed by atoms with Gasteiger partial charge in [-0.25, -0.2) is 9.97 Å². The highest BCUT2D eigenvalue weighted by Crippen LogP contribution is 2.22. The Morgan fingerprint density at radius 2 is 1.48 bits per heavy atom. The molecule has 0 unspecified atom stereocenters. The van der Waals surface area contributed by atoms with Crippen LogP contribution in [0.25, 0.3) is 11.1 Å². The summed E-state index contributed by atoms with van der Waals surface area (Å²) in [4.78, 5) is 7.95. The van der Waals surface area contributed by atoms with Crippen molar-refractivity contribution in [2.24, 2.45) is 0 Å². The van der Waals surface area contributed by atoms with Crippen LogP contribution in [0.3, 0.4) is 0 Å². The predicted octanol–water partition coefficient (Wildman–Crippen LogP) is 4.38. The molecular weight excluding hydrogens is 284 g/mol. The molecule has 2 aromatic carbocycles. The van der Waals surface area contributed by atoms with E-state index in [1.165, 1.54) is 0 Å². The van der Waals surface area contributed by atoms with E-state index in [1.807, 2.05) is 54.6 Å². The molecule has 21 heavy (non-hydrogen) atoms. The molecule has 0 spiro atoms. The molecule has 1 aromatic heterocycles. The number of halogens is 1. The minimum absolute atomic E-state index is 0.251. The zero-order valence-corrected chi connectivity index (χ0v) is 12.0. The van der Waals surface area contributed by atoms with Crippen LogP contribution in [0, 0.1) is 0 Å². The smallest absolute Gasteiger partial charge is 0.222 e. The van der Waals surface area contributed by atoms with Crippen molar-refractivity contribution in [3.63, 3.8) is 0 Å². The van der Waals surface area contributed by atoms with E-state index >= 15 is 0 Å². The summed E-state index contributed by atoms with van der Waals surface area (Å²) in [7, 11) is 0. The van der Waals surface area contributed by atoms with Gasteiger partial charge in [-0.15, -0.1) is 0 Å². The molecular formula is C17H13ClN2O. The van der Waals surface area contributed by atoms with Crippen LogP contribution in [0.1, 0.15) is 5.56 Å². The molecule has 0 fully saturated rings. The fraction of sp³-hybridized carbons (Fsp3) is 0.0588. The van der Waals surface area contributed by atoms with E-state index in [1.54, 1.807) is 12.4 Å². The maximum atomic E-state index is 5.75. The number of hydrogen-bond acceptors (Lipinski definition) is 3. The lowest BCUT2D eigenvalue weighted by atomic mass is 10.1. The summed E-state index contributed by atoms with van der Waals surface area (Å²) in [5.74, 6) is 0.831. The van der Waals surface area contributed by atoms with Crippen LogP contribution in [-0.2, 0) is 6.61 Å². The van der Waals surface area contributed by atoms with Crippen LogP contribution < -0.4 is 4.74 Å². The normalized spacial score (nSPS) is 10.3. The van der Waals surface area contributed by atoms with Crippen molar-refractivity contribution in [1.29, 1.82) is 0 Å². The zero-order chi connectivity index (χ0) is 14.5. The molecule has 0 aliphatic carbocycles. The van der Waals surface area contributed by atoms with Crippen LogP contribution in [-0.4, -0.2) is 9.97 Å². The number of ether oxygens (including phenoxy) is 1. The summed E-state index contributed by atoms with van der Waals surface area (Å²) < 4.78 is 5.75. The summed E-state index contributed by atoms with van der Waals surface area (Å²) >= 11 is 5.68. The van der Waals surface area contributed by atoms with Gasteiger partial charge in [0.15, 0.2) is 0 Å². The number of rotatable bonds is 4. The summed E-state index contributed by atoms with van der Waals surface area (Å²) in [6.45, 7) is 0.560. The topological polar surface area (TPSA) is 35.0 Å². The molecule has 0 bridgehead atoms. The minimum atomic E-state index is 0.251. The van der Waals surface area contributed by atoms with Gasteiger partial charge in [0.1, 0.15) is 12.4 Å². The standard InChI is InChI=1S/C17H13ClN2O/c18-17-19-10-15(11-20-17)14-6-8-16(9-7-14)21-12-13-4-2-1-3-5-13/h1-11H,12H2. The van der Waals surface area contributed by atoms with E-state index in [0.29, 0.717) is 6.61 Å². The van der Waals surface area contributed by atoms with Gasteiger partial charge < -0.3 is 4.74 Å². The second-order valence-electron chi connectivity index (χ2n) is 4.54. The first-order valence-electron chi connectivity index (χ1n) is 6.56. The predicted molar refractivity (Wildman–Crippen MR) is 83.3 cm³/mol. The third kappa shape index (κ3) is 3.58. The number of aromatic nitrogens is 2. The van der Waals surface area contributed by atoms with Crippen molar-refractivity contribution in [2.45, 2.75) is 6.61 Å². The van der Waals surface area contributed by atoms with Crippen LogP contribution in [0.5, 0.6) is 5.75 Å². The van der Waals surface area contributed by atoms with E-state index in [0.717, 1.165) is 22.4 Å². The van der Waals surface area contributed by atoms with Crippen molar-refractivity contribution >= 4 is 11.6 Å². The first kappa shape index (κ1) is 13.6. The summed E-state index contributed by atoms with van der Waals surface area (Å²) in [6.07, 6.45) is 3.41. The van der Waals surface area contributed by atoms with Crippen LogP contribution in [0.2, 0.25) is 5.28 Å². The average Bonchev–Trinajstić information content (AvgIpc) is 2.55. The van der Waals surface area contributed by atoms with Gasteiger partial charge >= 0.3 is 0 Å². The lowest BCUT2D eigenvalue weighted by molar-refractivity contribution is 0.306. The first-order valence-corrected chi connectivity index (χ1v) is 6.94. The van der Waals surface area contributed by atoms with Gasteiger partial charge in [-0.3, -0.25) is 0 Å². The molecule has 0 saturated carbocycles. The Hall–Kier alpha value is -2.39. The average molecular weight is 297 g/mol. The Morgan fingerprint density at radius 1 is 0.810 bits per heavy atom. The highest BCUT2D eigenvalue weighted by Gasteiger charge is 2.01. The molecule has 0 amide bonds. The molecule has 3 rings (SSSR count). The Balaban J connectivity index is 1.68. The molecule has 0 saturated heterocycles. The second kappa shape index (κ2) is 6.37. The minimum Gasteiger partial charge on any atom is -0.489 e. The van der Waals surface area contributed by atoms with Gasteiger partial charge in [-0.05, 0) is 34.9 Å². The third-order valence-electron chi connectivity index (χ3n) is 3.06. The van der Waals surface area contributed by atoms with Crippen molar-refractivity contribution in [1.82, 2.24) is 9.97 Å². The number of benzene rings is 2. The van der Waals surface area contributed by atoms with E-state index in [4.69, 9.17) is 16.3 Å². The molecule has 0 radical (unpaired) electrons. The highest BCUT2D eigenvalue weighted by molar-refractivity contribution is 6.28. The van der Waals surface area contributed by atoms with E-state index in [9.17, 15) is 0 Å². The Kier molecular flexibility index (Phi) is 4.12. The highest BCUT2D eigenvalue weighted by atomic mass is 35.5. The van der Waals surface area contributed by atoms with E-state index in [-0.39, 0.29) is 5.28 Å². The Labute approximate surface area is 128 Å². The largest absolute Gasteiger partial charge is 0.489 e. The second-order valence-corrected chi connectivity index (χ2v) is 4.88. The van der Waals surface area contributed by atoms with Crippen LogP contribution >= 0.6 is 11.6 Å². The van der Waals surface area contributed by atoms with Gasteiger partial charge in [-0.2, -0.15) is 0 Å². The van der Waals surface area contributed by atoms with E-state index in [2.05, 4.69) is 9.97 Å². The fourth-order valence-corrected chi connectivity index (χ4v) is 2.04. The maximum Gasteiger partial charge on any atom is 0.222 e. The molecule has 4 heteroatoms. The van der Waals surface area contributed by atoms with Gasteiger partial charge in [-0.1, -0.05) is 42.5 Å². The molecule has 3 aromatic rings. The monoisotopic (exact) mass is 296 g/mol. The van der Waals surface area contributed by atoms with Crippen LogP contribution in [0.4, 0.5) is 0 Å². The van der Waals surface area contributed by atoms with Crippen molar-refractivity contribution in [3.05, 3.63) is 77.8 Å². The van der Waals surface area contributed by atoms with E-state index < -0.39 is 0 Å². The lowest BCUT2D eigenvalue weighted by Crippen LogP contribution is -1.94. The SMILES string of the molecule is Clc1ncc(-c2ccc(OCc3ccccc3)cc2)cn1. The number of hydrogen-bond donors (Lipinski definition) is 0. The van der Waals surface area contributed by atoms with Gasteiger partial charge in [0, 0.05) is 18.0 Å². The summed E-state index contributed by atoms with van der Waals surface area (Å²) in [5.41, 5.74) is 3.10. The molecule has 1 heterocycles. The van der Waals surface area contributed by atoms with Crippen molar-refractivity contribution in [2.75, 3.05) is 0 Å². The van der Waals surface area contributed by atoms with Gasteiger partial charge in [0.25, 0.3) is 0 Å². The Bertz CT molecular complexity index is 697. The van der Waals surface area contributed by atoms with Crippen molar-refractivity contribution < 1.29 is 4.74 Å². The third-order valence-corrected chi connectivity index (χ3v) is 3.25. The molecule has 0 atom stereocenters. The number of nitrogens with zero attached hydrogens (tertiary/aromatic N) is 2. The molecule has 0 aliphatic rings. The fourth-order valence-electron chi connectivity index (χ4n) is 1.95. The Morgan fingerprint density at radius 3 is 2.14 bits per heavy atom. The summed E-state index contributed by atoms with van der Waals surface area (Å²) in [6, 6.07) is 17.9. The van der Waals surface area contributed by atoms with Gasteiger partial charge in [0.2, 0.25) is 5.28 Å². The first-order chi connectivity index (χ1) is 10.3. The molecule has 0 N–H and O–H groups in total. The molecule has 104 valence electrons. The van der Waals surface area contributed by atoms with Crippen molar-refractivity contribution in [3.8, 4) is 16.9 Å². The van der Waals surface area contributed by atoms with Crippen LogP contribution in [0.15, 0.2) is 67.0 Å².